The van der Waals surface area contributed by atoms with Crippen LogP contribution in [0.4, 0.5) is 5.69 Å². The fourth-order valence-corrected chi connectivity index (χ4v) is 2.38. The van der Waals surface area contributed by atoms with Gasteiger partial charge in [-0.05, 0) is 26.5 Å². The molecule has 0 aliphatic carbocycles. The molecule has 0 aromatic carbocycles. The predicted molar refractivity (Wildman–Crippen MR) is 76.0 cm³/mol. The topological polar surface area (TPSA) is 80.3 Å². The van der Waals surface area contributed by atoms with E-state index in [9.17, 15) is 8.42 Å². The third-order valence-corrected chi connectivity index (χ3v) is 4.25. The molecule has 0 saturated carbocycles. The van der Waals surface area contributed by atoms with Crippen molar-refractivity contribution in [1.29, 1.82) is 0 Å². The zero-order valence-electron chi connectivity index (χ0n) is 11.5. The zero-order valence-corrected chi connectivity index (χ0v) is 12.3. The number of hydrogen-bond donors (Lipinski definition) is 2. The standard InChI is InChI=1S/C12H21N3O3S/c1-4-13-8-10(3)19(16,17)15-11-6-7-12(14-9-11)18-5-2/h6-7,9-10,13,15H,4-5,8H2,1-3H3. The molecular formula is C12H21N3O3S. The highest BCUT2D eigenvalue weighted by molar-refractivity contribution is 7.93. The first kappa shape index (κ1) is 15.7. The molecule has 19 heavy (non-hydrogen) atoms. The van der Waals surface area contributed by atoms with Crippen molar-refractivity contribution in [3.63, 3.8) is 0 Å². The number of anilines is 1. The first-order valence-electron chi connectivity index (χ1n) is 6.30. The van der Waals surface area contributed by atoms with Crippen LogP contribution in [0.5, 0.6) is 5.88 Å². The second-order valence-corrected chi connectivity index (χ2v) is 6.18. The van der Waals surface area contributed by atoms with Gasteiger partial charge in [-0.25, -0.2) is 13.4 Å². The van der Waals surface area contributed by atoms with E-state index in [1.807, 2.05) is 13.8 Å². The van der Waals surface area contributed by atoms with E-state index < -0.39 is 15.3 Å². The summed E-state index contributed by atoms with van der Waals surface area (Å²) in [7, 11) is -3.40. The number of pyridine rings is 1. The van der Waals surface area contributed by atoms with Crippen LogP contribution in [0, 0.1) is 0 Å². The summed E-state index contributed by atoms with van der Waals surface area (Å²) in [5, 5.41) is 2.50. The molecule has 1 heterocycles. The summed E-state index contributed by atoms with van der Waals surface area (Å²) in [5.41, 5.74) is 0.437. The van der Waals surface area contributed by atoms with Crippen molar-refractivity contribution in [1.82, 2.24) is 10.3 Å². The van der Waals surface area contributed by atoms with Crippen molar-refractivity contribution < 1.29 is 13.2 Å². The maximum absolute atomic E-state index is 12.0. The summed E-state index contributed by atoms with van der Waals surface area (Å²) in [6.07, 6.45) is 1.45. The van der Waals surface area contributed by atoms with Crippen molar-refractivity contribution in [2.75, 3.05) is 24.4 Å². The Labute approximate surface area is 114 Å². The summed E-state index contributed by atoms with van der Waals surface area (Å²) in [4.78, 5) is 4.01. The van der Waals surface area contributed by atoms with Crippen LogP contribution >= 0.6 is 0 Å². The summed E-state index contributed by atoms with van der Waals surface area (Å²) >= 11 is 0. The van der Waals surface area contributed by atoms with Crippen molar-refractivity contribution in [2.24, 2.45) is 0 Å². The Hall–Kier alpha value is -1.34. The molecular weight excluding hydrogens is 266 g/mol. The van der Waals surface area contributed by atoms with Gasteiger partial charge in [0.05, 0.1) is 23.7 Å². The van der Waals surface area contributed by atoms with E-state index in [1.54, 1.807) is 19.1 Å². The highest BCUT2D eigenvalue weighted by Crippen LogP contribution is 2.14. The number of sulfonamides is 1. The molecule has 1 aromatic rings. The highest BCUT2D eigenvalue weighted by atomic mass is 32.2. The Kier molecular flexibility index (Phi) is 6.04. The van der Waals surface area contributed by atoms with E-state index in [2.05, 4.69) is 15.0 Å². The van der Waals surface area contributed by atoms with Crippen LogP contribution in [0.2, 0.25) is 0 Å². The van der Waals surface area contributed by atoms with Crippen LogP contribution in [-0.4, -0.2) is 38.3 Å². The number of nitrogens with zero attached hydrogens (tertiary/aromatic N) is 1. The van der Waals surface area contributed by atoms with E-state index in [4.69, 9.17) is 4.74 Å². The van der Waals surface area contributed by atoms with Gasteiger partial charge in [0.15, 0.2) is 0 Å². The Morgan fingerprint density at radius 3 is 2.63 bits per heavy atom. The predicted octanol–water partition coefficient (Wildman–Crippen LogP) is 1.22. The lowest BCUT2D eigenvalue weighted by molar-refractivity contribution is 0.327. The zero-order chi connectivity index (χ0) is 14.3. The number of ether oxygens (including phenoxy) is 1. The number of rotatable bonds is 8. The summed E-state index contributed by atoms with van der Waals surface area (Å²) < 4.78 is 31.7. The summed E-state index contributed by atoms with van der Waals surface area (Å²) in [5.74, 6) is 0.478. The molecule has 0 aliphatic heterocycles. The van der Waals surface area contributed by atoms with E-state index in [0.717, 1.165) is 6.54 Å². The minimum absolute atomic E-state index is 0.413. The Morgan fingerprint density at radius 1 is 1.37 bits per heavy atom. The average molecular weight is 287 g/mol. The fraction of sp³-hybridized carbons (Fsp3) is 0.583. The molecule has 108 valence electrons. The molecule has 7 heteroatoms. The molecule has 2 N–H and O–H groups in total. The Balaban J connectivity index is 2.67. The molecule has 1 rings (SSSR count). The van der Waals surface area contributed by atoms with Crippen LogP contribution in [-0.2, 0) is 10.0 Å². The molecule has 0 radical (unpaired) electrons. The lowest BCUT2D eigenvalue weighted by atomic mass is 10.4. The van der Waals surface area contributed by atoms with Crippen molar-refractivity contribution in [3.8, 4) is 5.88 Å². The molecule has 0 aliphatic rings. The van der Waals surface area contributed by atoms with Gasteiger partial charge < -0.3 is 10.1 Å². The minimum Gasteiger partial charge on any atom is -0.478 e. The third-order valence-electron chi connectivity index (χ3n) is 2.50. The molecule has 0 spiro atoms. The molecule has 0 amide bonds. The largest absolute Gasteiger partial charge is 0.478 e. The van der Waals surface area contributed by atoms with Gasteiger partial charge in [0.25, 0.3) is 0 Å². The third kappa shape index (κ3) is 5.04. The van der Waals surface area contributed by atoms with Crippen LogP contribution in [0.25, 0.3) is 0 Å². The van der Waals surface area contributed by atoms with Crippen LogP contribution in [0.1, 0.15) is 20.8 Å². The van der Waals surface area contributed by atoms with Gasteiger partial charge in [0.2, 0.25) is 15.9 Å². The second-order valence-electron chi connectivity index (χ2n) is 4.08. The van der Waals surface area contributed by atoms with E-state index in [1.165, 1.54) is 6.20 Å². The summed E-state index contributed by atoms with van der Waals surface area (Å²) in [6, 6.07) is 3.27. The normalized spacial score (nSPS) is 13.0. The monoisotopic (exact) mass is 287 g/mol. The lowest BCUT2D eigenvalue weighted by Gasteiger charge is -2.15. The second kappa shape index (κ2) is 7.30. The molecule has 1 atom stereocenters. The maximum Gasteiger partial charge on any atom is 0.236 e. The van der Waals surface area contributed by atoms with Gasteiger partial charge in [-0.15, -0.1) is 0 Å². The quantitative estimate of drug-likeness (QED) is 0.751. The number of nitrogens with one attached hydrogen (secondary N) is 2. The van der Waals surface area contributed by atoms with Crippen LogP contribution in [0.15, 0.2) is 18.3 Å². The van der Waals surface area contributed by atoms with Crippen LogP contribution in [0.3, 0.4) is 0 Å². The molecule has 0 bridgehead atoms. The Bertz CT molecular complexity index is 473. The van der Waals surface area contributed by atoms with Gasteiger partial charge in [-0.3, -0.25) is 4.72 Å². The summed E-state index contributed by atoms with van der Waals surface area (Å²) in [6.45, 7) is 7.13. The van der Waals surface area contributed by atoms with Crippen molar-refractivity contribution in [3.05, 3.63) is 18.3 Å². The van der Waals surface area contributed by atoms with E-state index in [0.29, 0.717) is 24.7 Å². The smallest absolute Gasteiger partial charge is 0.236 e. The van der Waals surface area contributed by atoms with Crippen molar-refractivity contribution >= 4 is 15.7 Å². The first-order chi connectivity index (χ1) is 8.99. The number of hydrogen-bond acceptors (Lipinski definition) is 5. The minimum atomic E-state index is -3.40. The molecule has 0 fully saturated rings. The van der Waals surface area contributed by atoms with Gasteiger partial charge in [0.1, 0.15) is 0 Å². The van der Waals surface area contributed by atoms with Gasteiger partial charge in [0, 0.05) is 12.6 Å². The number of aromatic nitrogens is 1. The average Bonchev–Trinajstić information content (AvgIpc) is 2.38. The van der Waals surface area contributed by atoms with E-state index in [-0.39, 0.29) is 0 Å². The van der Waals surface area contributed by atoms with Gasteiger partial charge in [-0.1, -0.05) is 6.92 Å². The maximum atomic E-state index is 12.0. The molecule has 6 nitrogen and oxygen atoms in total. The van der Waals surface area contributed by atoms with E-state index >= 15 is 0 Å². The SMILES string of the molecule is CCNCC(C)S(=O)(=O)Nc1ccc(OCC)nc1. The van der Waals surface area contributed by atoms with Crippen molar-refractivity contribution in [2.45, 2.75) is 26.0 Å². The van der Waals surface area contributed by atoms with Gasteiger partial charge >= 0.3 is 0 Å². The lowest BCUT2D eigenvalue weighted by Crippen LogP contribution is -2.34. The molecule has 0 saturated heterocycles. The highest BCUT2D eigenvalue weighted by Gasteiger charge is 2.20. The Morgan fingerprint density at radius 2 is 2.11 bits per heavy atom. The molecule has 1 aromatic heterocycles. The van der Waals surface area contributed by atoms with Crippen LogP contribution < -0.4 is 14.8 Å². The first-order valence-corrected chi connectivity index (χ1v) is 7.85. The van der Waals surface area contributed by atoms with Gasteiger partial charge in [-0.2, -0.15) is 0 Å². The fourth-order valence-electron chi connectivity index (χ4n) is 1.40. The molecule has 1 unspecified atom stereocenters.